The molecule has 200 valence electrons. The average molecular weight is 514 g/mol. The zero-order valence-corrected chi connectivity index (χ0v) is 22.7. The van der Waals surface area contributed by atoms with Crippen molar-refractivity contribution in [1.82, 2.24) is 24.4 Å². The Morgan fingerprint density at radius 2 is 1.81 bits per heavy atom. The predicted molar refractivity (Wildman–Crippen MR) is 138 cm³/mol. The second-order valence-corrected chi connectivity index (χ2v) is 10.8. The third-order valence-corrected chi connectivity index (χ3v) is 5.61. The van der Waals surface area contributed by atoms with Crippen LogP contribution in [0.25, 0.3) is 22.3 Å². The monoisotopic (exact) mass is 513 g/mol. The van der Waals surface area contributed by atoms with Crippen LogP contribution in [0, 0.1) is 5.41 Å². The number of carbonyl (C=O) groups is 2. The first-order chi connectivity index (χ1) is 17.3. The van der Waals surface area contributed by atoms with E-state index in [-0.39, 0.29) is 46.9 Å². The van der Waals surface area contributed by atoms with Gasteiger partial charge in [-0.2, -0.15) is 0 Å². The summed E-state index contributed by atoms with van der Waals surface area (Å²) < 4.78 is 18.3. The summed E-state index contributed by atoms with van der Waals surface area (Å²) in [5.74, 6) is -0.615. The molecule has 0 aromatic carbocycles. The van der Waals surface area contributed by atoms with Gasteiger partial charge in [-0.25, -0.2) is 4.98 Å². The quantitative estimate of drug-likeness (QED) is 0.342. The van der Waals surface area contributed by atoms with Crippen LogP contribution >= 0.6 is 0 Å². The number of nitrogens with one attached hydrogen (secondary N) is 1. The largest absolute Gasteiger partial charge is 0.468 e. The number of rotatable bonds is 9. The van der Waals surface area contributed by atoms with Gasteiger partial charge in [-0.05, 0) is 31.7 Å². The van der Waals surface area contributed by atoms with Gasteiger partial charge in [0, 0.05) is 31.5 Å². The molecular weight excluding hydrogens is 478 g/mol. The maximum atomic E-state index is 13.5. The first kappa shape index (κ1) is 27.9. The molecule has 3 rings (SSSR count). The molecule has 0 aliphatic rings. The van der Waals surface area contributed by atoms with Gasteiger partial charge >= 0.3 is 5.97 Å². The van der Waals surface area contributed by atoms with Crippen molar-refractivity contribution >= 4 is 22.9 Å². The number of amides is 1. The summed E-state index contributed by atoms with van der Waals surface area (Å²) in [5, 5.41) is 3.36. The normalized spacial score (nSPS) is 12.0. The van der Waals surface area contributed by atoms with Gasteiger partial charge in [-0.3, -0.25) is 19.4 Å². The number of esters is 1. The van der Waals surface area contributed by atoms with Gasteiger partial charge in [0.25, 0.3) is 11.5 Å². The van der Waals surface area contributed by atoms with Gasteiger partial charge in [0.15, 0.2) is 12.5 Å². The van der Waals surface area contributed by atoms with Crippen LogP contribution in [0.1, 0.15) is 51.4 Å². The molecule has 3 aromatic heterocycles. The minimum Gasteiger partial charge on any atom is -0.468 e. The van der Waals surface area contributed by atoms with Gasteiger partial charge in [0.05, 0.1) is 36.3 Å². The molecule has 0 bridgehead atoms. The van der Waals surface area contributed by atoms with E-state index in [4.69, 9.17) is 14.2 Å². The first-order valence-corrected chi connectivity index (χ1v) is 11.8. The van der Waals surface area contributed by atoms with E-state index >= 15 is 0 Å². The number of ether oxygens (including phenoxy) is 3. The zero-order valence-electron chi connectivity index (χ0n) is 22.7. The highest BCUT2D eigenvalue weighted by Crippen LogP contribution is 2.31. The number of hydrogen-bond acceptors (Lipinski definition) is 8. The van der Waals surface area contributed by atoms with Crippen molar-refractivity contribution in [3.63, 3.8) is 0 Å². The summed E-state index contributed by atoms with van der Waals surface area (Å²) in [5.41, 5.74) is 0.483. The summed E-state index contributed by atoms with van der Waals surface area (Å²) >= 11 is 0. The molecule has 0 aliphatic carbocycles. The van der Waals surface area contributed by atoms with Gasteiger partial charge in [-0.15, -0.1) is 0 Å². The standard InChI is InChI=1S/C26H35N5O6/c1-25(2,3)13-26(4,5)29-23(33)16-9-18(27-10-19(16)37-15-35-7)17-11-31(12-20(32)36-8)22-21(17)24(34)30(6)14-28-22/h9-11,14H,12-13,15H2,1-8H3,(H,29,33). The van der Waals surface area contributed by atoms with E-state index in [2.05, 4.69) is 36.1 Å². The fourth-order valence-corrected chi connectivity index (χ4v) is 4.53. The molecule has 0 saturated carbocycles. The lowest BCUT2D eigenvalue weighted by atomic mass is 9.81. The van der Waals surface area contributed by atoms with E-state index in [0.717, 1.165) is 6.42 Å². The summed E-state index contributed by atoms with van der Waals surface area (Å²) in [6.45, 7) is 10.0. The first-order valence-electron chi connectivity index (χ1n) is 11.8. The molecular formula is C26H35N5O6. The number of aromatic nitrogens is 4. The summed E-state index contributed by atoms with van der Waals surface area (Å²) in [6.07, 6.45) is 5.15. The highest BCUT2D eigenvalue weighted by atomic mass is 16.7. The molecule has 1 amide bonds. The highest BCUT2D eigenvalue weighted by molar-refractivity contribution is 6.00. The molecule has 0 saturated heterocycles. The Bertz CT molecular complexity index is 1370. The second kappa shape index (κ2) is 10.7. The van der Waals surface area contributed by atoms with Crippen LogP contribution in [-0.4, -0.2) is 57.5 Å². The van der Waals surface area contributed by atoms with Crippen molar-refractivity contribution < 1.29 is 23.8 Å². The molecule has 0 aliphatic heterocycles. The maximum Gasteiger partial charge on any atom is 0.325 e. The Morgan fingerprint density at radius 1 is 1.11 bits per heavy atom. The molecule has 3 aromatic rings. The minimum absolute atomic E-state index is 0.00984. The number of pyridine rings is 1. The van der Waals surface area contributed by atoms with Gasteiger partial charge in [-0.1, -0.05) is 20.8 Å². The Hall–Kier alpha value is -3.73. The van der Waals surface area contributed by atoms with Crippen molar-refractivity contribution in [3.8, 4) is 17.0 Å². The number of methoxy groups -OCH3 is 2. The van der Waals surface area contributed by atoms with E-state index in [1.165, 1.54) is 35.9 Å². The summed E-state index contributed by atoms with van der Waals surface area (Å²) in [4.78, 5) is 47.4. The highest BCUT2D eigenvalue weighted by Gasteiger charge is 2.29. The van der Waals surface area contributed by atoms with Crippen LogP contribution in [0.2, 0.25) is 0 Å². The molecule has 11 nitrogen and oxygen atoms in total. The van der Waals surface area contributed by atoms with Gasteiger partial charge in [0.1, 0.15) is 12.2 Å². The number of hydrogen-bond donors (Lipinski definition) is 1. The van der Waals surface area contributed by atoms with Gasteiger partial charge in [0.2, 0.25) is 0 Å². The minimum atomic E-state index is -0.506. The lowest BCUT2D eigenvalue weighted by molar-refractivity contribution is -0.141. The van der Waals surface area contributed by atoms with Crippen molar-refractivity contribution in [3.05, 3.63) is 40.7 Å². The van der Waals surface area contributed by atoms with Crippen LogP contribution in [-0.2, 0) is 27.9 Å². The molecule has 11 heteroatoms. The van der Waals surface area contributed by atoms with Crippen molar-refractivity contribution in [2.45, 2.75) is 53.1 Å². The number of nitrogens with zero attached hydrogens (tertiary/aromatic N) is 4. The van der Waals surface area contributed by atoms with E-state index in [0.29, 0.717) is 16.9 Å². The van der Waals surface area contributed by atoms with Crippen molar-refractivity contribution in [2.24, 2.45) is 12.5 Å². The third kappa shape index (κ3) is 6.53. The molecule has 1 N–H and O–H groups in total. The molecule has 0 spiro atoms. The lowest BCUT2D eigenvalue weighted by Crippen LogP contribution is -2.45. The van der Waals surface area contributed by atoms with Crippen molar-refractivity contribution in [2.75, 3.05) is 21.0 Å². The Balaban J connectivity index is 2.15. The van der Waals surface area contributed by atoms with Gasteiger partial charge < -0.3 is 28.7 Å². The van der Waals surface area contributed by atoms with E-state index in [1.54, 1.807) is 19.3 Å². The van der Waals surface area contributed by atoms with E-state index < -0.39 is 11.5 Å². The predicted octanol–water partition coefficient (Wildman–Crippen LogP) is 2.90. The van der Waals surface area contributed by atoms with Crippen molar-refractivity contribution in [1.29, 1.82) is 0 Å². The molecule has 0 fully saturated rings. The molecule has 0 unspecified atom stereocenters. The Kier molecular flexibility index (Phi) is 8.06. The molecule has 3 heterocycles. The fourth-order valence-electron chi connectivity index (χ4n) is 4.53. The summed E-state index contributed by atoms with van der Waals surface area (Å²) in [6, 6.07) is 1.57. The van der Waals surface area contributed by atoms with Crippen LogP contribution in [0.3, 0.4) is 0 Å². The number of fused-ring (bicyclic) bond motifs is 1. The smallest absolute Gasteiger partial charge is 0.325 e. The van der Waals surface area contributed by atoms with Crippen LogP contribution in [0.4, 0.5) is 0 Å². The Morgan fingerprint density at radius 3 is 2.43 bits per heavy atom. The van der Waals surface area contributed by atoms with Crippen LogP contribution < -0.4 is 15.6 Å². The third-order valence-electron chi connectivity index (χ3n) is 5.61. The fraction of sp³-hybridized carbons (Fsp3) is 0.500. The second-order valence-electron chi connectivity index (χ2n) is 10.8. The maximum absolute atomic E-state index is 13.5. The molecule has 37 heavy (non-hydrogen) atoms. The summed E-state index contributed by atoms with van der Waals surface area (Å²) in [7, 11) is 4.35. The zero-order chi connectivity index (χ0) is 27.5. The van der Waals surface area contributed by atoms with E-state index in [1.807, 2.05) is 13.8 Å². The van der Waals surface area contributed by atoms with Crippen LogP contribution in [0.5, 0.6) is 5.75 Å². The SMILES string of the molecule is COCOc1cnc(-c2cn(CC(=O)OC)c3ncn(C)c(=O)c23)cc1C(=O)NC(C)(C)CC(C)(C)C. The number of carbonyl (C=O) groups excluding carboxylic acids is 2. The topological polar surface area (TPSA) is 127 Å². The Labute approximate surface area is 215 Å². The van der Waals surface area contributed by atoms with Crippen LogP contribution in [0.15, 0.2) is 29.6 Å². The number of aryl methyl sites for hydroxylation is 1. The molecule has 0 atom stereocenters. The molecule has 0 radical (unpaired) electrons. The average Bonchev–Trinajstić information content (AvgIpc) is 3.16. The van der Waals surface area contributed by atoms with E-state index in [9.17, 15) is 14.4 Å². The lowest BCUT2D eigenvalue weighted by Gasteiger charge is -2.33.